The molecule has 0 aliphatic heterocycles. The van der Waals surface area contributed by atoms with Crippen molar-refractivity contribution in [2.24, 2.45) is 5.73 Å². The van der Waals surface area contributed by atoms with Crippen LogP contribution in [-0.2, 0) is 5.60 Å². The maximum atomic E-state index is 13.5. The Morgan fingerprint density at radius 3 is 2.62 bits per heavy atom. The third kappa shape index (κ3) is 2.51. The van der Waals surface area contributed by atoms with E-state index in [2.05, 4.69) is 0 Å². The van der Waals surface area contributed by atoms with Crippen molar-refractivity contribution in [2.45, 2.75) is 25.4 Å². The van der Waals surface area contributed by atoms with E-state index in [1.54, 1.807) is 6.07 Å². The van der Waals surface area contributed by atoms with Crippen LogP contribution in [0.5, 0.6) is 5.75 Å². The zero-order valence-electron chi connectivity index (χ0n) is 9.66. The van der Waals surface area contributed by atoms with Crippen LogP contribution in [-0.4, -0.2) is 18.8 Å². The van der Waals surface area contributed by atoms with Gasteiger partial charge < -0.3 is 15.6 Å². The number of hydrogen-bond acceptors (Lipinski definition) is 3. The Morgan fingerprint density at radius 2 is 2.19 bits per heavy atom. The van der Waals surface area contributed by atoms with Crippen LogP contribution >= 0.6 is 0 Å². The quantitative estimate of drug-likeness (QED) is 0.806. The van der Waals surface area contributed by atoms with Crippen molar-refractivity contribution in [3.8, 4) is 5.75 Å². The summed E-state index contributed by atoms with van der Waals surface area (Å²) >= 11 is 0. The number of nitrogens with two attached hydrogens (primary N) is 1. The highest BCUT2D eigenvalue weighted by Gasteiger charge is 2.27. The van der Waals surface area contributed by atoms with E-state index in [1.807, 2.05) is 6.92 Å². The Balaban J connectivity index is 3.07. The third-order valence-electron chi connectivity index (χ3n) is 2.83. The molecule has 0 heterocycles. The molecule has 0 aliphatic carbocycles. The molecule has 1 aromatic carbocycles. The van der Waals surface area contributed by atoms with Gasteiger partial charge in [-0.3, -0.25) is 0 Å². The van der Waals surface area contributed by atoms with Crippen molar-refractivity contribution in [2.75, 3.05) is 13.7 Å². The minimum atomic E-state index is -1.05. The molecule has 1 atom stereocenters. The molecule has 0 saturated heterocycles. The zero-order valence-corrected chi connectivity index (χ0v) is 9.66. The molecule has 1 aromatic rings. The largest absolute Gasteiger partial charge is 0.494 e. The van der Waals surface area contributed by atoms with Crippen LogP contribution in [0.15, 0.2) is 18.2 Å². The van der Waals surface area contributed by atoms with Crippen LogP contribution in [0, 0.1) is 5.82 Å². The molecule has 0 amide bonds. The molecule has 16 heavy (non-hydrogen) atoms. The summed E-state index contributed by atoms with van der Waals surface area (Å²) in [5.41, 5.74) is 4.93. The number of hydrogen-bond donors (Lipinski definition) is 2. The minimum absolute atomic E-state index is 0.176. The van der Waals surface area contributed by atoms with Gasteiger partial charge in [0.25, 0.3) is 0 Å². The number of rotatable bonds is 5. The Labute approximate surface area is 95.0 Å². The molecule has 1 rings (SSSR count). The Kier molecular flexibility index (Phi) is 4.26. The predicted octanol–water partition coefficient (Wildman–Crippen LogP) is 1.78. The number of benzene rings is 1. The SMILES string of the molecule is CCC(O)(CCN)c1ccc(OC)c(F)c1. The van der Waals surface area contributed by atoms with Crippen LogP contribution in [0.2, 0.25) is 0 Å². The number of ether oxygens (including phenoxy) is 1. The topological polar surface area (TPSA) is 55.5 Å². The highest BCUT2D eigenvalue weighted by atomic mass is 19.1. The smallest absolute Gasteiger partial charge is 0.165 e. The summed E-state index contributed by atoms with van der Waals surface area (Å²) in [6.45, 7) is 2.20. The van der Waals surface area contributed by atoms with Gasteiger partial charge in [0.05, 0.1) is 12.7 Å². The number of methoxy groups -OCH3 is 1. The highest BCUT2D eigenvalue weighted by molar-refractivity contribution is 5.32. The molecular weight excluding hydrogens is 209 g/mol. The summed E-state index contributed by atoms with van der Waals surface area (Å²) in [5, 5.41) is 10.3. The van der Waals surface area contributed by atoms with Crippen molar-refractivity contribution >= 4 is 0 Å². The van der Waals surface area contributed by atoms with Crippen molar-refractivity contribution in [3.63, 3.8) is 0 Å². The predicted molar refractivity (Wildman–Crippen MR) is 60.8 cm³/mol. The second-order valence-corrected chi connectivity index (χ2v) is 3.77. The second kappa shape index (κ2) is 5.27. The molecule has 1 unspecified atom stereocenters. The van der Waals surface area contributed by atoms with E-state index in [-0.39, 0.29) is 5.75 Å². The van der Waals surface area contributed by atoms with Gasteiger partial charge in [-0.05, 0) is 37.1 Å². The van der Waals surface area contributed by atoms with Crippen molar-refractivity contribution in [3.05, 3.63) is 29.6 Å². The van der Waals surface area contributed by atoms with E-state index < -0.39 is 11.4 Å². The Morgan fingerprint density at radius 1 is 1.50 bits per heavy atom. The first-order valence-corrected chi connectivity index (χ1v) is 5.34. The monoisotopic (exact) mass is 227 g/mol. The summed E-state index contributed by atoms with van der Waals surface area (Å²) in [7, 11) is 1.41. The van der Waals surface area contributed by atoms with Gasteiger partial charge >= 0.3 is 0 Å². The van der Waals surface area contributed by atoms with E-state index in [1.165, 1.54) is 19.2 Å². The molecule has 0 aromatic heterocycles. The molecule has 0 radical (unpaired) electrons. The fourth-order valence-electron chi connectivity index (χ4n) is 1.72. The first-order valence-electron chi connectivity index (χ1n) is 5.34. The first-order chi connectivity index (χ1) is 7.57. The van der Waals surface area contributed by atoms with E-state index in [0.717, 1.165) is 0 Å². The normalized spacial score (nSPS) is 14.6. The lowest BCUT2D eigenvalue weighted by molar-refractivity contribution is 0.0255. The number of aliphatic hydroxyl groups is 1. The van der Waals surface area contributed by atoms with Gasteiger partial charge in [-0.1, -0.05) is 13.0 Å². The highest BCUT2D eigenvalue weighted by Crippen LogP contribution is 2.30. The molecule has 0 bridgehead atoms. The summed E-state index contributed by atoms with van der Waals surface area (Å²) < 4.78 is 18.3. The number of halogens is 1. The second-order valence-electron chi connectivity index (χ2n) is 3.77. The summed E-state index contributed by atoms with van der Waals surface area (Å²) in [6, 6.07) is 4.49. The average molecular weight is 227 g/mol. The third-order valence-corrected chi connectivity index (χ3v) is 2.83. The maximum absolute atomic E-state index is 13.5. The van der Waals surface area contributed by atoms with Gasteiger partial charge in [0, 0.05) is 0 Å². The van der Waals surface area contributed by atoms with Crippen molar-refractivity contribution in [1.29, 1.82) is 0 Å². The average Bonchev–Trinajstić information content (AvgIpc) is 2.29. The van der Waals surface area contributed by atoms with Crippen LogP contribution < -0.4 is 10.5 Å². The van der Waals surface area contributed by atoms with E-state index in [0.29, 0.717) is 24.9 Å². The first kappa shape index (κ1) is 12.9. The van der Waals surface area contributed by atoms with Gasteiger partial charge in [0.15, 0.2) is 11.6 Å². The lowest BCUT2D eigenvalue weighted by atomic mass is 9.88. The Bertz CT molecular complexity index is 357. The van der Waals surface area contributed by atoms with Crippen LogP contribution in [0.1, 0.15) is 25.3 Å². The summed E-state index contributed by atoms with van der Waals surface area (Å²) in [4.78, 5) is 0. The fourth-order valence-corrected chi connectivity index (χ4v) is 1.72. The molecule has 0 aliphatic rings. The van der Waals surface area contributed by atoms with Crippen molar-refractivity contribution < 1.29 is 14.2 Å². The van der Waals surface area contributed by atoms with Crippen LogP contribution in [0.25, 0.3) is 0 Å². The molecular formula is C12H18FNO2. The summed E-state index contributed by atoms with van der Waals surface area (Å²) in [5.74, 6) is -0.293. The Hall–Kier alpha value is -1.13. The minimum Gasteiger partial charge on any atom is -0.494 e. The molecule has 4 heteroatoms. The lowest BCUT2D eigenvalue weighted by Crippen LogP contribution is -2.28. The van der Waals surface area contributed by atoms with Crippen LogP contribution in [0.4, 0.5) is 4.39 Å². The van der Waals surface area contributed by atoms with Gasteiger partial charge in [-0.2, -0.15) is 0 Å². The van der Waals surface area contributed by atoms with Gasteiger partial charge in [-0.15, -0.1) is 0 Å². The van der Waals surface area contributed by atoms with Gasteiger partial charge in [0.2, 0.25) is 0 Å². The van der Waals surface area contributed by atoms with Crippen molar-refractivity contribution in [1.82, 2.24) is 0 Å². The van der Waals surface area contributed by atoms with E-state index in [9.17, 15) is 9.50 Å². The lowest BCUT2D eigenvalue weighted by Gasteiger charge is -2.27. The van der Waals surface area contributed by atoms with Crippen LogP contribution in [0.3, 0.4) is 0 Å². The maximum Gasteiger partial charge on any atom is 0.165 e. The van der Waals surface area contributed by atoms with E-state index >= 15 is 0 Å². The molecule has 0 spiro atoms. The molecule has 0 fully saturated rings. The standard InChI is InChI=1S/C12H18FNO2/c1-3-12(15,6-7-14)9-4-5-11(16-2)10(13)8-9/h4-5,8,15H,3,6-7,14H2,1-2H3. The zero-order chi connectivity index (χ0) is 12.2. The van der Waals surface area contributed by atoms with Gasteiger partial charge in [0.1, 0.15) is 0 Å². The van der Waals surface area contributed by atoms with E-state index in [4.69, 9.17) is 10.5 Å². The molecule has 90 valence electrons. The molecule has 3 N–H and O–H groups in total. The summed E-state index contributed by atoms with van der Waals surface area (Å²) in [6.07, 6.45) is 0.908. The fraction of sp³-hybridized carbons (Fsp3) is 0.500. The van der Waals surface area contributed by atoms with Gasteiger partial charge in [-0.25, -0.2) is 4.39 Å². The molecule has 0 saturated carbocycles. The molecule has 3 nitrogen and oxygen atoms in total.